The van der Waals surface area contributed by atoms with Crippen LogP contribution in [0, 0.1) is 0 Å². The third-order valence-electron chi connectivity index (χ3n) is 11.2. The molecule has 0 aromatic carbocycles. The van der Waals surface area contributed by atoms with Gasteiger partial charge in [-0.05, 0) is 70.6 Å². The summed E-state index contributed by atoms with van der Waals surface area (Å²) >= 11 is 0. The Morgan fingerprint density at radius 3 is 1.64 bits per heavy atom. The molecule has 2 saturated heterocycles. The van der Waals surface area contributed by atoms with Crippen LogP contribution in [-0.2, 0) is 23.7 Å². The Balaban J connectivity index is 1.93. The van der Waals surface area contributed by atoms with Crippen molar-refractivity contribution >= 4 is 5.91 Å². The van der Waals surface area contributed by atoms with Gasteiger partial charge in [0.15, 0.2) is 12.6 Å². The quantitative estimate of drug-likeness (QED) is 0.0309. The van der Waals surface area contributed by atoms with Crippen LogP contribution in [0.4, 0.5) is 0 Å². The summed E-state index contributed by atoms with van der Waals surface area (Å²) in [5.74, 6) is -0.268. The molecular formula is C47H83NO13. The number of hydrogen-bond donors (Lipinski definition) is 9. The van der Waals surface area contributed by atoms with Gasteiger partial charge in [-0.25, -0.2) is 0 Å². The van der Waals surface area contributed by atoms with Crippen LogP contribution >= 0.6 is 0 Å². The molecule has 0 aliphatic carbocycles. The fraction of sp³-hybridized carbons (Fsp3) is 0.809. The Hall–Kier alpha value is -2.05. The molecule has 2 aliphatic heterocycles. The Morgan fingerprint density at radius 2 is 1.05 bits per heavy atom. The van der Waals surface area contributed by atoms with Crippen LogP contribution < -0.4 is 5.32 Å². The highest BCUT2D eigenvalue weighted by Gasteiger charge is 2.50. The molecule has 0 spiro atoms. The molecule has 0 aromatic rings. The van der Waals surface area contributed by atoms with Gasteiger partial charge < -0.3 is 65.1 Å². The van der Waals surface area contributed by atoms with Gasteiger partial charge >= 0.3 is 0 Å². The minimum absolute atomic E-state index is 0.258. The molecule has 2 fully saturated rings. The molecule has 2 rings (SSSR count). The number of unbranched alkanes of at least 4 members (excludes halogenated alkanes) is 15. The average Bonchev–Trinajstić information content (AvgIpc) is 3.26. The molecule has 9 N–H and O–H groups in total. The molecule has 12 atom stereocenters. The van der Waals surface area contributed by atoms with E-state index in [0.29, 0.717) is 12.8 Å². The van der Waals surface area contributed by atoms with E-state index in [1.165, 1.54) is 51.4 Å². The van der Waals surface area contributed by atoms with Gasteiger partial charge in [-0.2, -0.15) is 0 Å². The molecule has 61 heavy (non-hydrogen) atoms. The zero-order valence-electron chi connectivity index (χ0n) is 37.1. The summed E-state index contributed by atoms with van der Waals surface area (Å²) in [7, 11) is 0. The topological polar surface area (TPSA) is 228 Å². The van der Waals surface area contributed by atoms with Crippen molar-refractivity contribution in [2.75, 3.05) is 19.8 Å². The van der Waals surface area contributed by atoms with Crippen molar-refractivity contribution in [3.8, 4) is 0 Å². The van der Waals surface area contributed by atoms with Crippen molar-refractivity contribution in [2.45, 2.75) is 222 Å². The maximum Gasteiger partial charge on any atom is 0.220 e. The lowest BCUT2D eigenvalue weighted by atomic mass is 9.97. The summed E-state index contributed by atoms with van der Waals surface area (Å²) in [5, 5.41) is 86.4. The number of allylic oxidation sites excluding steroid dienone is 7. The first-order valence-electron chi connectivity index (χ1n) is 23.4. The van der Waals surface area contributed by atoms with Crippen molar-refractivity contribution in [3.05, 3.63) is 48.6 Å². The molecule has 0 aromatic heterocycles. The first kappa shape index (κ1) is 55.1. The van der Waals surface area contributed by atoms with Crippen LogP contribution in [0.25, 0.3) is 0 Å². The molecular weight excluding hydrogens is 787 g/mol. The number of aliphatic hydroxyl groups is 8. The van der Waals surface area contributed by atoms with Gasteiger partial charge in [-0.3, -0.25) is 4.79 Å². The number of ether oxygens (including phenoxy) is 4. The Kier molecular flexibility index (Phi) is 31.0. The van der Waals surface area contributed by atoms with E-state index in [2.05, 4.69) is 55.6 Å². The van der Waals surface area contributed by atoms with Gasteiger partial charge in [0.05, 0.1) is 32.0 Å². The van der Waals surface area contributed by atoms with Crippen LogP contribution in [0.2, 0.25) is 0 Å². The SMILES string of the molecule is CCCCC/C=C\CCCCCCCC(=O)NC(COC1OC(CO)C(OC2OC(CO)C(O)C(O)C2O)C(O)C1O)C(O)/C=C/CC/C=C/CC/C=C/CCCCCCC. The van der Waals surface area contributed by atoms with Crippen LogP contribution in [0.3, 0.4) is 0 Å². The highest BCUT2D eigenvalue weighted by atomic mass is 16.7. The predicted molar refractivity (Wildman–Crippen MR) is 235 cm³/mol. The highest BCUT2D eigenvalue weighted by Crippen LogP contribution is 2.30. The third-order valence-corrected chi connectivity index (χ3v) is 11.2. The van der Waals surface area contributed by atoms with Crippen LogP contribution in [0.15, 0.2) is 48.6 Å². The Morgan fingerprint density at radius 1 is 0.574 bits per heavy atom. The van der Waals surface area contributed by atoms with Crippen LogP contribution in [-0.4, -0.2) is 140 Å². The first-order chi connectivity index (χ1) is 29.6. The van der Waals surface area contributed by atoms with Crippen molar-refractivity contribution in [2.24, 2.45) is 0 Å². The third kappa shape index (κ3) is 22.4. The molecule has 12 unspecified atom stereocenters. The largest absolute Gasteiger partial charge is 0.394 e. The molecule has 0 radical (unpaired) electrons. The monoisotopic (exact) mass is 870 g/mol. The number of hydrogen-bond acceptors (Lipinski definition) is 13. The molecule has 354 valence electrons. The van der Waals surface area contributed by atoms with Gasteiger partial charge in [0.25, 0.3) is 0 Å². The molecule has 0 bridgehead atoms. The lowest BCUT2D eigenvalue weighted by Gasteiger charge is -2.46. The van der Waals surface area contributed by atoms with E-state index in [-0.39, 0.29) is 18.9 Å². The molecule has 0 saturated carbocycles. The average molecular weight is 870 g/mol. The summed E-state index contributed by atoms with van der Waals surface area (Å²) in [6.45, 7) is 2.68. The molecule has 14 nitrogen and oxygen atoms in total. The second kappa shape index (κ2) is 34.4. The van der Waals surface area contributed by atoms with Crippen LogP contribution in [0.5, 0.6) is 0 Å². The maximum absolute atomic E-state index is 13.1. The Bertz CT molecular complexity index is 1210. The van der Waals surface area contributed by atoms with Crippen LogP contribution in [0.1, 0.15) is 149 Å². The summed E-state index contributed by atoms with van der Waals surface area (Å²) in [5.41, 5.74) is 0. The zero-order valence-corrected chi connectivity index (χ0v) is 37.1. The molecule has 1 amide bonds. The fourth-order valence-electron chi connectivity index (χ4n) is 7.31. The van der Waals surface area contributed by atoms with Crippen molar-refractivity contribution < 1.29 is 64.6 Å². The number of amides is 1. The van der Waals surface area contributed by atoms with Gasteiger partial charge in [0.1, 0.15) is 48.8 Å². The van der Waals surface area contributed by atoms with Crippen molar-refractivity contribution in [1.82, 2.24) is 5.32 Å². The van der Waals surface area contributed by atoms with Crippen molar-refractivity contribution in [3.63, 3.8) is 0 Å². The lowest BCUT2D eigenvalue weighted by molar-refractivity contribution is -0.359. The lowest BCUT2D eigenvalue weighted by Crippen LogP contribution is -2.65. The Labute approximate surface area is 365 Å². The standard InChI is InChI=1S/C47H83NO13/c1-3-5-7-9-11-13-15-17-18-19-20-22-24-26-28-30-36(51)35(48-39(52)31-29-27-25-23-21-16-14-12-10-8-6-4-2)34-58-46-44(57)42(55)45(38(33-50)60-46)61-47-43(56)41(54)40(53)37(32-49)59-47/h12,14-15,17,20,22,28,30,35-38,40-47,49-51,53-57H,3-11,13,16,18-19,21,23-27,29,31-34H2,1-2H3,(H,48,52)/b14-12-,17-15+,22-20+,30-28+. The first-order valence-corrected chi connectivity index (χ1v) is 23.4. The summed E-state index contributed by atoms with van der Waals surface area (Å²) in [4.78, 5) is 13.1. The number of carbonyl (C=O) groups is 1. The van der Waals surface area contributed by atoms with E-state index in [0.717, 1.165) is 64.2 Å². The van der Waals surface area contributed by atoms with Gasteiger partial charge in [0, 0.05) is 6.42 Å². The van der Waals surface area contributed by atoms with Gasteiger partial charge in [-0.1, -0.05) is 120 Å². The summed E-state index contributed by atoms with van der Waals surface area (Å²) in [6.07, 6.45) is 21.6. The number of aliphatic hydroxyl groups excluding tert-OH is 8. The van der Waals surface area contributed by atoms with E-state index in [1.807, 2.05) is 6.08 Å². The van der Waals surface area contributed by atoms with E-state index < -0.39 is 86.8 Å². The number of carbonyl (C=O) groups excluding carboxylic acids is 1. The summed E-state index contributed by atoms with van der Waals surface area (Å²) < 4.78 is 22.6. The minimum atomic E-state index is -1.79. The highest BCUT2D eigenvalue weighted by molar-refractivity contribution is 5.76. The maximum atomic E-state index is 13.1. The second-order valence-electron chi connectivity index (χ2n) is 16.5. The fourth-order valence-corrected chi connectivity index (χ4v) is 7.31. The number of nitrogens with one attached hydrogen (secondary N) is 1. The smallest absolute Gasteiger partial charge is 0.220 e. The van der Waals surface area contributed by atoms with E-state index in [4.69, 9.17) is 18.9 Å². The minimum Gasteiger partial charge on any atom is -0.394 e. The normalized spacial score (nSPS) is 28.4. The van der Waals surface area contributed by atoms with E-state index >= 15 is 0 Å². The summed E-state index contributed by atoms with van der Waals surface area (Å²) in [6, 6.07) is -0.939. The van der Waals surface area contributed by atoms with Gasteiger partial charge in [0.2, 0.25) is 5.91 Å². The van der Waals surface area contributed by atoms with E-state index in [9.17, 15) is 45.6 Å². The molecule has 14 heteroatoms. The van der Waals surface area contributed by atoms with E-state index in [1.54, 1.807) is 6.08 Å². The predicted octanol–water partition coefficient (Wildman–Crippen LogP) is 4.93. The van der Waals surface area contributed by atoms with Gasteiger partial charge in [-0.15, -0.1) is 0 Å². The number of rotatable bonds is 34. The second-order valence-corrected chi connectivity index (χ2v) is 16.5. The zero-order chi connectivity index (χ0) is 44.7. The molecule has 2 aliphatic rings. The molecule has 2 heterocycles. The van der Waals surface area contributed by atoms with Crippen molar-refractivity contribution in [1.29, 1.82) is 0 Å².